The van der Waals surface area contributed by atoms with Crippen LogP contribution in [0.2, 0.25) is 0 Å². The van der Waals surface area contributed by atoms with Crippen LogP contribution in [0.15, 0.2) is 30.3 Å². The molecular weight excluding hydrogens is 312 g/mol. The summed E-state index contributed by atoms with van der Waals surface area (Å²) < 4.78 is 5.21. The van der Waals surface area contributed by atoms with Gasteiger partial charge in [0.25, 0.3) is 0 Å². The van der Waals surface area contributed by atoms with Gasteiger partial charge < -0.3 is 15.4 Å². The number of amides is 1. The van der Waals surface area contributed by atoms with E-state index in [0.29, 0.717) is 13.0 Å². The summed E-state index contributed by atoms with van der Waals surface area (Å²) in [6.07, 6.45) is 3.49. The van der Waals surface area contributed by atoms with Gasteiger partial charge in [0.1, 0.15) is 0 Å². The van der Waals surface area contributed by atoms with Gasteiger partial charge in [0.05, 0.1) is 12.5 Å². The minimum absolute atomic E-state index is 0. The van der Waals surface area contributed by atoms with Crippen LogP contribution < -0.4 is 5.73 Å². The van der Waals surface area contributed by atoms with E-state index in [2.05, 4.69) is 31.2 Å². The molecular formula is C18H29ClN2O2. The first kappa shape index (κ1) is 19.9. The lowest BCUT2D eigenvalue weighted by Gasteiger charge is -2.25. The lowest BCUT2D eigenvalue weighted by atomic mass is 9.83. The molecule has 1 aliphatic rings. The molecule has 2 rings (SSSR count). The molecule has 1 heterocycles. The lowest BCUT2D eigenvalue weighted by Crippen LogP contribution is -2.36. The molecule has 1 amide bonds. The molecule has 1 aromatic carbocycles. The highest BCUT2D eigenvalue weighted by atomic mass is 35.5. The minimum Gasteiger partial charge on any atom is -0.380 e. The number of hydrogen-bond donors (Lipinski definition) is 1. The molecule has 0 saturated carbocycles. The van der Waals surface area contributed by atoms with Crippen molar-refractivity contribution < 1.29 is 9.53 Å². The van der Waals surface area contributed by atoms with Gasteiger partial charge in [-0.2, -0.15) is 0 Å². The summed E-state index contributed by atoms with van der Waals surface area (Å²) in [4.78, 5) is 14.3. The molecule has 2 atom stereocenters. The predicted octanol–water partition coefficient (Wildman–Crippen LogP) is 2.64. The van der Waals surface area contributed by atoms with Crippen LogP contribution in [-0.2, 0) is 16.0 Å². The number of likely N-dealkylation sites (tertiary alicyclic amines) is 1. The highest BCUT2D eigenvalue weighted by molar-refractivity contribution is 5.85. The van der Waals surface area contributed by atoms with E-state index in [1.807, 2.05) is 11.0 Å². The van der Waals surface area contributed by atoms with Gasteiger partial charge in [0.2, 0.25) is 5.91 Å². The largest absolute Gasteiger partial charge is 0.380 e. The number of hydrogen-bond acceptors (Lipinski definition) is 3. The first-order chi connectivity index (χ1) is 10.6. The average molecular weight is 341 g/mol. The van der Waals surface area contributed by atoms with Crippen LogP contribution in [0.4, 0.5) is 0 Å². The van der Waals surface area contributed by atoms with E-state index in [1.165, 1.54) is 5.56 Å². The molecule has 0 spiro atoms. The van der Waals surface area contributed by atoms with E-state index in [9.17, 15) is 4.79 Å². The number of rotatable bonds is 7. The van der Waals surface area contributed by atoms with Crippen molar-refractivity contribution in [1.82, 2.24) is 4.90 Å². The molecule has 0 bridgehead atoms. The summed E-state index contributed by atoms with van der Waals surface area (Å²) >= 11 is 0. The number of carbonyl (C=O) groups is 1. The van der Waals surface area contributed by atoms with Gasteiger partial charge in [0.15, 0.2) is 0 Å². The predicted molar refractivity (Wildman–Crippen MR) is 95.8 cm³/mol. The topological polar surface area (TPSA) is 55.6 Å². The smallest absolute Gasteiger partial charge is 0.225 e. The summed E-state index contributed by atoms with van der Waals surface area (Å²) in [6, 6.07) is 10.6. The van der Waals surface area contributed by atoms with Crippen molar-refractivity contribution >= 4 is 18.3 Å². The normalized spacial score (nSPS) is 21.8. The van der Waals surface area contributed by atoms with Gasteiger partial charge >= 0.3 is 0 Å². The maximum atomic E-state index is 12.3. The molecule has 23 heavy (non-hydrogen) atoms. The summed E-state index contributed by atoms with van der Waals surface area (Å²) in [5.41, 5.74) is 7.19. The van der Waals surface area contributed by atoms with Gasteiger partial charge in [-0.1, -0.05) is 37.3 Å². The second kappa shape index (κ2) is 9.26. The lowest BCUT2D eigenvalue weighted by molar-refractivity contribution is -0.133. The van der Waals surface area contributed by atoms with E-state index in [4.69, 9.17) is 10.5 Å². The molecule has 130 valence electrons. The Kier molecular flexibility index (Phi) is 8.03. The maximum absolute atomic E-state index is 12.3. The SMILES string of the molecule is COC(CN)CC(=O)N1CCC(C)(CCc2ccccc2)C1.Cl. The van der Waals surface area contributed by atoms with Crippen LogP contribution in [0.1, 0.15) is 31.7 Å². The third kappa shape index (κ3) is 5.79. The first-order valence-corrected chi connectivity index (χ1v) is 8.11. The quantitative estimate of drug-likeness (QED) is 0.830. The molecule has 5 heteroatoms. The van der Waals surface area contributed by atoms with Crippen molar-refractivity contribution in [1.29, 1.82) is 0 Å². The van der Waals surface area contributed by atoms with Gasteiger partial charge in [-0.3, -0.25) is 4.79 Å². The van der Waals surface area contributed by atoms with Gasteiger partial charge in [-0.25, -0.2) is 0 Å². The second-order valence-electron chi connectivity index (χ2n) is 6.66. The zero-order valence-electron chi connectivity index (χ0n) is 14.2. The van der Waals surface area contributed by atoms with Gasteiger partial charge in [-0.15, -0.1) is 12.4 Å². The minimum atomic E-state index is -0.163. The number of nitrogens with zero attached hydrogens (tertiary/aromatic N) is 1. The Labute approximate surface area is 145 Å². The third-order valence-electron chi connectivity index (χ3n) is 4.77. The van der Waals surface area contributed by atoms with Crippen LogP contribution >= 0.6 is 12.4 Å². The Hall–Kier alpha value is -1.10. The van der Waals surface area contributed by atoms with Crippen molar-refractivity contribution in [2.75, 3.05) is 26.7 Å². The van der Waals surface area contributed by atoms with Crippen molar-refractivity contribution in [3.8, 4) is 0 Å². The van der Waals surface area contributed by atoms with Gasteiger partial charge in [0, 0.05) is 26.7 Å². The molecule has 0 aliphatic carbocycles. The average Bonchev–Trinajstić information content (AvgIpc) is 2.94. The Morgan fingerprint density at radius 3 is 2.70 bits per heavy atom. The zero-order chi connectivity index (χ0) is 16.0. The number of ether oxygens (including phenoxy) is 1. The third-order valence-corrected chi connectivity index (χ3v) is 4.77. The first-order valence-electron chi connectivity index (χ1n) is 8.11. The molecule has 0 radical (unpaired) electrons. The Morgan fingerprint density at radius 1 is 1.39 bits per heavy atom. The molecule has 2 unspecified atom stereocenters. The highest BCUT2D eigenvalue weighted by Crippen LogP contribution is 2.35. The highest BCUT2D eigenvalue weighted by Gasteiger charge is 2.35. The fraction of sp³-hybridized carbons (Fsp3) is 0.611. The summed E-state index contributed by atoms with van der Waals surface area (Å²) in [5, 5.41) is 0. The van der Waals surface area contributed by atoms with Gasteiger partial charge in [-0.05, 0) is 30.2 Å². The second-order valence-corrected chi connectivity index (χ2v) is 6.66. The number of halogens is 1. The molecule has 1 aromatic rings. The van der Waals surface area contributed by atoms with Crippen LogP contribution in [0, 0.1) is 5.41 Å². The molecule has 1 fully saturated rings. The molecule has 1 aliphatic heterocycles. The van der Waals surface area contributed by atoms with E-state index in [1.54, 1.807) is 7.11 Å². The summed E-state index contributed by atoms with van der Waals surface area (Å²) in [5.74, 6) is 0.167. The van der Waals surface area contributed by atoms with Crippen molar-refractivity contribution in [2.45, 2.75) is 38.7 Å². The molecule has 4 nitrogen and oxygen atoms in total. The maximum Gasteiger partial charge on any atom is 0.225 e. The van der Waals surface area contributed by atoms with Crippen molar-refractivity contribution in [3.05, 3.63) is 35.9 Å². The van der Waals surface area contributed by atoms with Crippen LogP contribution in [0.25, 0.3) is 0 Å². The molecule has 1 saturated heterocycles. The number of carbonyl (C=O) groups excluding carboxylic acids is 1. The molecule has 0 aromatic heterocycles. The molecule has 2 N–H and O–H groups in total. The summed E-state index contributed by atoms with van der Waals surface area (Å²) in [6.45, 7) is 4.38. The van der Waals surface area contributed by atoms with Crippen LogP contribution in [-0.4, -0.2) is 43.7 Å². The van der Waals surface area contributed by atoms with E-state index < -0.39 is 0 Å². The van der Waals surface area contributed by atoms with E-state index in [0.717, 1.165) is 32.4 Å². The fourth-order valence-corrected chi connectivity index (χ4v) is 3.12. The number of aryl methyl sites for hydroxylation is 1. The van der Waals surface area contributed by atoms with Crippen molar-refractivity contribution in [2.24, 2.45) is 11.1 Å². The fourth-order valence-electron chi connectivity index (χ4n) is 3.12. The standard InChI is InChI=1S/C18H28N2O2.ClH/c1-18(9-8-15-6-4-3-5-7-15)10-11-20(14-18)17(21)12-16(13-19)22-2;/h3-7,16H,8-14,19H2,1-2H3;1H. The Morgan fingerprint density at radius 2 is 2.09 bits per heavy atom. The monoisotopic (exact) mass is 340 g/mol. The zero-order valence-corrected chi connectivity index (χ0v) is 15.0. The Bertz CT molecular complexity index is 479. The summed E-state index contributed by atoms with van der Waals surface area (Å²) in [7, 11) is 1.61. The Balaban J connectivity index is 0.00000264. The number of methoxy groups -OCH3 is 1. The van der Waals surface area contributed by atoms with Crippen LogP contribution in [0.5, 0.6) is 0 Å². The number of nitrogens with two attached hydrogens (primary N) is 1. The van der Waals surface area contributed by atoms with E-state index >= 15 is 0 Å². The van der Waals surface area contributed by atoms with E-state index in [-0.39, 0.29) is 29.8 Å². The van der Waals surface area contributed by atoms with Crippen molar-refractivity contribution in [3.63, 3.8) is 0 Å². The number of benzene rings is 1. The van der Waals surface area contributed by atoms with Crippen LogP contribution in [0.3, 0.4) is 0 Å².